The number of aromatic hydroxyl groups is 1. The fourth-order valence-electron chi connectivity index (χ4n) is 1.87. The van der Waals surface area contributed by atoms with E-state index in [-0.39, 0.29) is 5.75 Å². The maximum Gasteiger partial charge on any atom is 0.129 e. The minimum atomic E-state index is -0.615. The predicted molar refractivity (Wildman–Crippen MR) is 76.1 cm³/mol. The Morgan fingerprint density at radius 1 is 1.10 bits per heavy atom. The molecule has 0 radical (unpaired) electrons. The van der Waals surface area contributed by atoms with Gasteiger partial charge in [-0.15, -0.1) is 0 Å². The Bertz CT molecular complexity index is 561. The lowest BCUT2D eigenvalue weighted by Gasteiger charge is -2.14. The van der Waals surface area contributed by atoms with E-state index in [1.54, 1.807) is 56.5 Å². The van der Waals surface area contributed by atoms with Crippen molar-refractivity contribution in [2.24, 2.45) is 0 Å². The summed E-state index contributed by atoms with van der Waals surface area (Å²) >= 11 is 0. The van der Waals surface area contributed by atoms with Gasteiger partial charge in [0.2, 0.25) is 0 Å². The molecular formula is C16H18O4. The summed E-state index contributed by atoms with van der Waals surface area (Å²) in [5.74, 6) is 1.49. The van der Waals surface area contributed by atoms with Crippen LogP contribution in [0, 0.1) is 0 Å². The lowest BCUT2D eigenvalue weighted by atomic mass is 10.1. The molecule has 2 aromatic carbocycles. The summed E-state index contributed by atoms with van der Waals surface area (Å²) in [7, 11) is 1.58. The second-order valence-electron chi connectivity index (χ2n) is 4.53. The molecule has 0 amide bonds. The zero-order valence-electron chi connectivity index (χ0n) is 11.5. The summed E-state index contributed by atoms with van der Waals surface area (Å²) in [6, 6.07) is 12.1. The molecule has 0 heterocycles. The van der Waals surface area contributed by atoms with Crippen LogP contribution in [0.4, 0.5) is 0 Å². The van der Waals surface area contributed by atoms with Crippen LogP contribution >= 0.6 is 0 Å². The van der Waals surface area contributed by atoms with Crippen molar-refractivity contribution in [3.05, 3.63) is 53.6 Å². The molecule has 0 saturated heterocycles. The largest absolute Gasteiger partial charge is 0.508 e. The second kappa shape index (κ2) is 6.30. The van der Waals surface area contributed by atoms with Gasteiger partial charge in [-0.3, -0.25) is 0 Å². The normalized spacial score (nSPS) is 11.9. The van der Waals surface area contributed by atoms with Gasteiger partial charge in [0, 0.05) is 11.6 Å². The number of methoxy groups -OCH3 is 1. The van der Waals surface area contributed by atoms with E-state index in [0.717, 1.165) is 5.56 Å². The first-order valence-corrected chi connectivity index (χ1v) is 6.37. The summed E-state index contributed by atoms with van der Waals surface area (Å²) in [6.45, 7) is 2.04. The van der Waals surface area contributed by atoms with Gasteiger partial charge in [-0.25, -0.2) is 0 Å². The van der Waals surface area contributed by atoms with Crippen molar-refractivity contribution >= 4 is 0 Å². The van der Waals surface area contributed by atoms with Gasteiger partial charge in [-0.1, -0.05) is 12.1 Å². The van der Waals surface area contributed by atoms with E-state index in [4.69, 9.17) is 9.47 Å². The molecule has 0 aliphatic heterocycles. The van der Waals surface area contributed by atoms with Crippen LogP contribution in [0.15, 0.2) is 42.5 Å². The molecule has 106 valence electrons. The number of aliphatic hydroxyl groups is 1. The van der Waals surface area contributed by atoms with Crippen molar-refractivity contribution in [2.45, 2.75) is 19.6 Å². The van der Waals surface area contributed by atoms with Crippen LogP contribution in [0.5, 0.6) is 17.2 Å². The minimum Gasteiger partial charge on any atom is -0.508 e. The Hall–Kier alpha value is -2.20. The highest BCUT2D eigenvalue weighted by Gasteiger charge is 2.10. The van der Waals surface area contributed by atoms with E-state index in [0.29, 0.717) is 23.7 Å². The van der Waals surface area contributed by atoms with E-state index in [2.05, 4.69) is 0 Å². The first-order chi connectivity index (χ1) is 9.60. The van der Waals surface area contributed by atoms with Gasteiger partial charge in [0.1, 0.15) is 23.9 Å². The predicted octanol–water partition coefficient (Wildman–Crippen LogP) is 3.03. The third-order valence-electron chi connectivity index (χ3n) is 3.00. The third-order valence-corrected chi connectivity index (χ3v) is 3.00. The number of rotatable bonds is 5. The molecule has 2 N–H and O–H groups in total. The highest BCUT2D eigenvalue weighted by molar-refractivity contribution is 5.42. The standard InChI is InChI=1S/C16H18O4/c1-11(17)15-8-7-14(19-2)9-16(15)20-10-12-3-5-13(18)6-4-12/h3-9,11,17-18H,10H2,1-2H3/t11-/m0/s1. The minimum absolute atomic E-state index is 0.222. The highest BCUT2D eigenvalue weighted by atomic mass is 16.5. The molecule has 0 aromatic heterocycles. The van der Waals surface area contributed by atoms with Gasteiger partial charge in [0.25, 0.3) is 0 Å². The molecule has 2 aromatic rings. The third kappa shape index (κ3) is 3.42. The van der Waals surface area contributed by atoms with Crippen molar-refractivity contribution in [1.82, 2.24) is 0 Å². The lowest BCUT2D eigenvalue weighted by Crippen LogP contribution is -2.01. The number of phenols is 1. The Morgan fingerprint density at radius 3 is 2.40 bits per heavy atom. The maximum absolute atomic E-state index is 9.75. The monoisotopic (exact) mass is 274 g/mol. The van der Waals surface area contributed by atoms with E-state index in [1.807, 2.05) is 0 Å². The van der Waals surface area contributed by atoms with E-state index < -0.39 is 6.10 Å². The van der Waals surface area contributed by atoms with E-state index in [9.17, 15) is 10.2 Å². The fraction of sp³-hybridized carbons (Fsp3) is 0.250. The van der Waals surface area contributed by atoms with Gasteiger partial charge >= 0.3 is 0 Å². The number of aliphatic hydroxyl groups excluding tert-OH is 1. The fourth-order valence-corrected chi connectivity index (χ4v) is 1.87. The number of phenolic OH excluding ortho intramolecular Hbond substituents is 1. The molecule has 0 aliphatic rings. The summed E-state index contributed by atoms with van der Waals surface area (Å²) in [5.41, 5.74) is 1.65. The van der Waals surface area contributed by atoms with Crippen molar-refractivity contribution in [3.63, 3.8) is 0 Å². The van der Waals surface area contributed by atoms with Gasteiger partial charge < -0.3 is 19.7 Å². The van der Waals surface area contributed by atoms with Gasteiger partial charge in [-0.05, 0) is 36.8 Å². The van der Waals surface area contributed by atoms with Crippen LogP contribution in [0.1, 0.15) is 24.2 Å². The molecule has 0 fully saturated rings. The van der Waals surface area contributed by atoms with Crippen molar-refractivity contribution in [1.29, 1.82) is 0 Å². The van der Waals surface area contributed by atoms with Crippen molar-refractivity contribution in [2.75, 3.05) is 7.11 Å². The van der Waals surface area contributed by atoms with Crippen LogP contribution in [-0.4, -0.2) is 17.3 Å². The Morgan fingerprint density at radius 2 is 1.80 bits per heavy atom. The molecule has 0 unspecified atom stereocenters. The van der Waals surface area contributed by atoms with Crippen LogP contribution < -0.4 is 9.47 Å². The topological polar surface area (TPSA) is 58.9 Å². The first kappa shape index (κ1) is 14.2. The first-order valence-electron chi connectivity index (χ1n) is 6.37. The lowest BCUT2D eigenvalue weighted by molar-refractivity contribution is 0.190. The number of hydrogen-bond donors (Lipinski definition) is 2. The molecule has 0 bridgehead atoms. The van der Waals surface area contributed by atoms with Crippen LogP contribution in [0.3, 0.4) is 0 Å². The molecule has 20 heavy (non-hydrogen) atoms. The molecule has 0 spiro atoms. The molecular weight excluding hydrogens is 256 g/mol. The zero-order valence-corrected chi connectivity index (χ0v) is 11.5. The number of ether oxygens (including phenoxy) is 2. The van der Waals surface area contributed by atoms with Crippen molar-refractivity contribution in [3.8, 4) is 17.2 Å². The van der Waals surface area contributed by atoms with Crippen LogP contribution in [-0.2, 0) is 6.61 Å². The molecule has 1 atom stereocenters. The quantitative estimate of drug-likeness (QED) is 0.880. The number of hydrogen-bond acceptors (Lipinski definition) is 4. The SMILES string of the molecule is COc1ccc([C@H](C)O)c(OCc2ccc(O)cc2)c1. The number of benzene rings is 2. The Labute approximate surface area is 118 Å². The van der Waals surface area contributed by atoms with Gasteiger partial charge in [0.15, 0.2) is 0 Å². The van der Waals surface area contributed by atoms with Gasteiger partial charge in [0.05, 0.1) is 13.2 Å². The van der Waals surface area contributed by atoms with Crippen molar-refractivity contribution < 1.29 is 19.7 Å². The highest BCUT2D eigenvalue weighted by Crippen LogP contribution is 2.30. The average Bonchev–Trinajstić information content (AvgIpc) is 2.46. The summed E-state index contributed by atoms with van der Waals surface area (Å²) in [5, 5.41) is 19.0. The van der Waals surface area contributed by atoms with Gasteiger partial charge in [-0.2, -0.15) is 0 Å². The maximum atomic E-state index is 9.75. The van der Waals surface area contributed by atoms with E-state index in [1.165, 1.54) is 0 Å². The van der Waals surface area contributed by atoms with Crippen LogP contribution in [0.2, 0.25) is 0 Å². The summed E-state index contributed by atoms with van der Waals surface area (Å²) < 4.78 is 10.9. The molecule has 4 nitrogen and oxygen atoms in total. The smallest absolute Gasteiger partial charge is 0.129 e. The summed E-state index contributed by atoms with van der Waals surface area (Å²) in [6.07, 6.45) is -0.615. The molecule has 4 heteroatoms. The second-order valence-corrected chi connectivity index (χ2v) is 4.53. The zero-order chi connectivity index (χ0) is 14.5. The summed E-state index contributed by atoms with van der Waals surface area (Å²) in [4.78, 5) is 0. The van der Waals surface area contributed by atoms with Crippen LogP contribution in [0.25, 0.3) is 0 Å². The van der Waals surface area contributed by atoms with E-state index >= 15 is 0 Å². The Kier molecular flexibility index (Phi) is 4.48. The average molecular weight is 274 g/mol. The Balaban J connectivity index is 2.16. The molecule has 2 rings (SSSR count). The molecule has 0 aliphatic carbocycles. The molecule has 0 saturated carbocycles.